The largest absolute Gasteiger partial charge is 0.497 e. The van der Waals surface area contributed by atoms with Crippen LogP contribution in [0.2, 0.25) is 0 Å². The van der Waals surface area contributed by atoms with E-state index in [4.69, 9.17) is 9.47 Å². The fourth-order valence-electron chi connectivity index (χ4n) is 2.74. The average molecular weight is 278 g/mol. The highest BCUT2D eigenvalue weighted by atomic mass is 16.5. The summed E-state index contributed by atoms with van der Waals surface area (Å²) in [5.41, 5.74) is 1.02. The number of ether oxygens (including phenoxy) is 2. The molecule has 0 radical (unpaired) electrons. The molecule has 1 fully saturated rings. The lowest BCUT2D eigenvalue weighted by Gasteiger charge is -2.25. The molecule has 0 saturated carbocycles. The van der Waals surface area contributed by atoms with Crippen LogP contribution >= 0.6 is 0 Å². The SMILES string of the molecule is COc1cccc(CC(CC2CCOCC2)C(=O)O)c1. The van der Waals surface area contributed by atoms with Crippen LogP contribution in [-0.2, 0) is 16.0 Å². The molecule has 0 aromatic heterocycles. The van der Waals surface area contributed by atoms with E-state index in [1.54, 1.807) is 7.11 Å². The number of aliphatic carboxylic acids is 1. The highest BCUT2D eigenvalue weighted by Crippen LogP contribution is 2.26. The predicted molar refractivity (Wildman–Crippen MR) is 76.0 cm³/mol. The molecule has 4 nitrogen and oxygen atoms in total. The van der Waals surface area contributed by atoms with E-state index in [2.05, 4.69) is 0 Å². The van der Waals surface area contributed by atoms with Crippen LogP contribution in [0.3, 0.4) is 0 Å². The van der Waals surface area contributed by atoms with Crippen LogP contribution in [0.15, 0.2) is 24.3 Å². The van der Waals surface area contributed by atoms with Gasteiger partial charge in [-0.15, -0.1) is 0 Å². The summed E-state index contributed by atoms with van der Waals surface area (Å²) in [5.74, 6) is 0.206. The van der Waals surface area contributed by atoms with Gasteiger partial charge in [-0.3, -0.25) is 4.79 Å². The third-order valence-corrected chi connectivity index (χ3v) is 3.92. The molecule has 0 amide bonds. The molecule has 0 bridgehead atoms. The monoisotopic (exact) mass is 278 g/mol. The van der Waals surface area contributed by atoms with Gasteiger partial charge in [-0.05, 0) is 49.3 Å². The normalized spacial score (nSPS) is 17.6. The molecule has 1 saturated heterocycles. The van der Waals surface area contributed by atoms with E-state index in [1.165, 1.54) is 0 Å². The Bertz CT molecular complexity index is 438. The predicted octanol–water partition coefficient (Wildman–Crippen LogP) is 2.76. The Hall–Kier alpha value is -1.55. The molecule has 1 aromatic rings. The quantitative estimate of drug-likeness (QED) is 0.869. The van der Waals surface area contributed by atoms with E-state index in [1.807, 2.05) is 24.3 Å². The first kappa shape index (κ1) is 14.9. The van der Waals surface area contributed by atoms with Gasteiger partial charge in [0.05, 0.1) is 13.0 Å². The minimum atomic E-state index is -0.709. The van der Waals surface area contributed by atoms with E-state index in [-0.39, 0.29) is 5.92 Å². The maximum absolute atomic E-state index is 11.5. The van der Waals surface area contributed by atoms with Crippen molar-refractivity contribution >= 4 is 5.97 Å². The number of hydrogen-bond donors (Lipinski definition) is 1. The Balaban J connectivity index is 1.98. The van der Waals surface area contributed by atoms with Crippen LogP contribution in [0.1, 0.15) is 24.8 Å². The van der Waals surface area contributed by atoms with Gasteiger partial charge in [0.1, 0.15) is 5.75 Å². The van der Waals surface area contributed by atoms with Gasteiger partial charge < -0.3 is 14.6 Å². The Kier molecular flexibility index (Phi) is 5.41. The molecule has 0 spiro atoms. The van der Waals surface area contributed by atoms with Crippen LogP contribution in [0, 0.1) is 11.8 Å². The van der Waals surface area contributed by atoms with Crippen molar-refractivity contribution in [1.82, 2.24) is 0 Å². The highest BCUT2D eigenvalue weighted by molar-refractivity contribution is 5.70. The van der Waals surface area contributed by atoms with Crippen molar-refractivity contribution in [3.05, 3.63) is 29.8 Å². The fraction of sp³-hybridized carbons (Fsp3) is 0.562. The maximum Gasteiger partial charge on any atom is 0.306 e. The molecule has 1 heterocycles. The van der Waals surface area contributed by atoms with E-state index in [0.29, 0.717) is 12.3 Å². The van der Waals surface area contributed by atoms with Crippen molar-refractivity contribution in [2.24, 2.45) is 11.8 Å². The van der Waals surface area contributed by atoms with Crippen molar-refractivity contribution in [2.75, 3.05) is 20.3 Å². The van der Waals surface area contributed by atoms with Crippen LogP contribution in [-0.4, -0.2) is 31.4 Å². The Morgan fingerprint density at radius 1 is 1.45 bits per heavy atom. The summed E-state index contributed by atoms with van der Waals surface area (Å²) >= 11 is 0. The molecule has 1 aliphatic rings. The molecule has 1 aliphatic heterocycles. The molecule has 20 heavy (non-hydrogen) atoms. The zero-order valence-corrected chi connectivity index (χ0v) is 11.9. The Morgan fingerprint density at radius 3 is 2.85 bits per heavy atom. The third kappa shape index (κ3) is 4.23. The van der Waals surface area contributed by atoms with Crippen LogP contribution in [0.25, 0.3) is 0 Å². The topological polar surface area (TPSA) is 55.8 Å². The summed E-state index contributed by atoms with van der Waals surface area (Å²) in [6.07, 6.45) is 3.24. The molecule has 1 N–H and O–H groups in total. The number of carbonyl (C=O) groups is 1. The smallest absolute Gasteiger partial charge is 0.306 e. The Labute approximate surface area is 119 Å². The summed E-state index contributed by atoms with van der Waals surface area (Å²) in [6.45, 7) is 1.52. The lowest BCUT2D eigenvalue weighted by Crippen LogP contribution is -2.24. The van der Waals surface area contributed by atoms with Crippen LogP contribution in [0.5, 0.6) is 5.75 Å². The number of carboxylic acids is 1. The lowest BCUT2D eigenvalue weighted by atomic mass is 9.85. The number of rotatable bonds is 6. The van der Waals surface area contributed by atoms with E-state index >= 15 is 0 Å². The molecule has 4 heteroatoms. The first-order chi connectivity index (χ1) is 9.69. The van der Waals surface area contributed by atoms with E-state index in [0.717, 1.165) is 43.8 Å². The van der Waals surface area contributed by atoms with Gasteiger partial charge in [-0.25, -0.2) is 0 Å². The summed E-state index contributed by atoms with van der Waals surface area (Å²) in [7, 11) is 1.62. The number of carboxylic acid groups (broad SMARTS) is 1. The molecule has 1 aromatic carbocycles. The molecule has 1 atom stereocenters. The maximum atomic E-state index is 11.5. The second-order valence-corrected chi connectivity index (χ2v) is 5.38. The van der Waals surface area contributed by atoms with Gasteiger partial charge in [-0.2, -0.15) is 0 Å². The van der Waals surface area contributed by atoms with Crippen molar-refractivity contribution < 1.29 is 19.4 Å². The van der Waals surface area contributed by atoms with Gasteiger partial charge in [0.25, 0.3) is 0 Å². The first-order valence-corrected chi connectivity index (χ1v) is 7.12. The average Bonchev–Trinajstić information content (AvgIpc) is 2.48. The minimum absolute atomic E-state index is 0.329. The highest BCUT2D eigenvalue weighted by Gasteiger charge is 2.24. The molecule has 110 valence electrons. The summed E-state index contributed by atoms with van der Waals surface area (Å²) < 4.78 is 10.5. The molecule has 1 unspecified atom stereocenters. The number of hydrogen-bond acceptors (Lipinski definition) is 3. The second kappa shape index (κ2) is 7.29. The summed E-state index contributed by atoms with van der Waals surface area (Å²) in [6, 6.07) is 7.65. The third-order valence-electron chi connectivity index (χ3n) is 3.92. The lowest BCUT2D eigenvalue weighted by molar-refractivity contribution is -0.142. The standard InChI is InChI=1S/C16H22O4/c1-19-15-4-2-3-13(11-15)10-14(16(17)18)9-12-5-7-20-8-6-12/h2-4,11-12,14H,5-10H2,1H3,(H,17,18). The first-order valence-electron chi connectivity index (χ1n) is 7.12. The van der Waals surface area contributed by atoms with Gasteiger partial charge >= 0.3 is 5.97 Å². The van der Waals surface area contributed by atoms with Crippen molar-refractivity contribution in [1.29, 1.82) is 0 Å². The van der Waals surface area contributed by atoms with Gasteiger partial charge in [-0.1, -0.05) is 12.1 Å². The zero-order valence-electron chi connectivity index (χ0n) is 11.9. The molecule has 0 aliphatic carbocycles. The molecule has 2 rings (SSSR count). The summed E-state index contributed by atoms with van der Waals surface area (Å²) in [4.78, 5) is 11.5. The van der Waals surface area contributed by atoms with Crippen LogP contribution in [0.4, 0.5) is 0 Å². The van der Waals surface area contributed by atoms with Crippen molar-refractivity contribution in [3.8, 4) is 5.75 Å². The van der Waals surface area contributed by atoms with Crippen molar-refractivity contribution in [2.45, 2.75) is 25.7 Å². The number of methoxy groups -OCH3 is 1. The summed E-state index contributed by atoms with van der Waals surface area (Å²) in [5, 5.41) is 9.43. The zero-order chi connectivity index (χ0) is 14.4. The fourth-order valence-corrected chi connectivity index (χ4v) is 2.74. The second-order valence-electron chi connectivity index (χ2n) is 5.38. The van der Waals surface area contributed by atoms with Gasteiger partial charge in [0, 0.05) is 13.2 Å². The van der Waals surface area contributed by atoms with E-state index < -0.39 is 5.97 Å². The van der Waals surface area contributed by atoms with Crippen molar-refractivity contribution in [3.63, 3.8) is 0 Å². The minimum Gasteiger partial charge on any atom is -0.497 e. The van der Waals surface area contributed by atoms with Crippen LogP contribution < -0.4 is 4.74 Å². The van der Waals surface area contributed by atoms with E-state index in [9.17, 15) is 9.90 Å². The van der Waals surface area contributed by atoms with Gasteiger partial charge in [0.2, 0.25) is 0 Å². The van der Waals surface area contributed by atoms with Gasteiger partial charge in [0.15, 0.2) is 0 Å². The Morgan fingerprint density at radius 2 is 2.20 bits per heavy atom. The molecular formula is C16H22O4. The molecular weight excluding hydrogens is 256 g/mol. The number of benzene rings is 1.